The van der Waals surface area contributed by atoms with E-state index in [1.807, 2.05) is 0 Å². The van der Waals surface area contributed by atoms with E-state index in [9.17, 15) is 4.79 Å². The maximum absolute atomic E-state index is 10.5. The molecule has 0 aromatic carbocycles. The number of carbonyl (C=O) groups excluding carboxylic acids is 1. The third kappa shape index (κ3) is 2.12. The Kier molecular flexibility index (Phi) is 2.70. The summed E-state index contributed by atoms with van der Waals surface area (Å²) in [5.74, 6) is -1.25. The quantitative estimate of drug-likeness (QED) is 0.307. The zero-order valence-electron chi connectivity index (χ0n) is 5.47. The van der Waals surface area contributed by atoms with Crippen molar-refractivity contribution in [1.82, 2.24) is 0 Å². The van der Waals surface area contributed by atoms with Crippen molar-refractivity contribution in [3.63, 3.8) is 0 Å². The molecule has 0 bridgehead atoms. The van der Waals surface area contributed by atoms with E-state index >= 15 is 0 Å². The highest BCUT2D eigenvalue weighted by atomic mass is 16.5. The summed E-state index contributed by atoms with van der Waals surface area (Å²) in [5, 5.41) is 6.81. The first-order valence-electron chi connectivity index (χ1n) is 2.51. The number of nitrogens with one attached hydrogen (secondary N) is 1. The lowest BCUT2D eigenvalue weighted by Gasteiger charge is -2.04. The summed E-state index contributed by atoms with van der Waals surface area (Å²) < 4.78 is 4.31. The molecule has 9 heavy (non-hydrogen) atoms. The highest BCUT2D eigenvalue weighted by Crippen LogP contribution is 1.94. The molecule has 0 aliphatic carbocycles. The summed E-state index contributed by atoms with van der Waals surface area (Å²) in [5.41, 5.74) is 4.99. The summed E-state index contributed by atoms with van der Waals surface area (Å²) >= 11 is 0. The van der Waals surface area contributed by atoms with E-state index in [0.717, 1.165) is 0 Å². The van der Waals surface area contributed by atoms with E-state index in [-0.39, 0.29) is 5.84 Å². The van der Waals surface area contributed by atoms with Crippen LogP contribution < -0.4 is 5.73 Å². The summed E-state index contributed by atoms with van der Waals surface area (Å²) in [6.45, 7) is 1.52. The summed E-state index contributed by atoms with van der Waals surface area (Å²) in [7, 11) is 1.27. The maximum atomic E-state index is 10.5. The molecule has 0 saturated heterocycles. The van der Waals surface area contributed by atoms with Crippen molar-refractivity contribution in [2.24, 2.45) is 11.7 Å². The Bertz CT molecular complexity index is 133. The van der Waals surface area contributed by atoms with Gasteiger partial charge in [-0.3, -0.25) is 10.2 Å². The Morgan fingerprint density at radius 1 is 1.78 bits per heavy atom. The fourth-order valence-corrected chi connectivity index (χ4v) is 0.304. The van der Waals surface area contributed by atoms with Gasteiger partial charge in [0.1, 0.15) is 11.8 Å². The van der Waals surface area contributed by atoms with E-state index in [0.29, 0.717) is 0 Å². The summed E-state index contributed by atoms with van der Waals surface area (Å²) in [6, 6.07) is 0. The first kappa shape index (κ1) is 7.94. The molecule has 0 amide bonds. The van der Waals surface area contributed by atoms with Crippen molar-refractivity contribution < 1.29 is 9.53 Å². The summed E-state index contributed by atoms with van der Waals surface area (Å²) in [6.07, 6.45) is 0. The number of rotatable bonds is 2. The van der Waals surface area contributed by atoms with Crippen LogP contribution in [0.5, 0.6) is 0 Å². The van der Waals surface area contributed by atoms with Gasteiger partial charge in [-0.25, -0.2) is 0 Å². The van der Waals surface area contributed by atoms with E-state index in [4.69, 9.17) is 11.1 Å². The number of hydrogen-bond donors (Lipinski definition) is 2. The van der Waals surface area contributed by atoms with Gasteiger partial charge in [0, 0.05) is 0 Å². The number of hydrogen-bond acceptors (Lipinski definition) is 3. The Morgan fingerprint density at radius 2 is 2.22 bits per heavy atom. The lowest BCUT2D eigenvalue weighted by molar-refractivity contribution is -0.142. The van der Waals surface area contributed by atoms with Crippen LogP contribution >= 0.6 is 0 Å². The van der Waals surface area contributed by atoms with Crippen molar-refractivity contribution in [3.8, 4) is 0 Å². The number of nitrogens with two attached hydrogens (primary N) is 1. The van der Waals surface area contributed by atoms with Crippen LogP contribution in [0.25, 0.3) is 0 Å². The van der Waals surface area contributed by atoms with Crippen molar-refractivity contribution in [3.05, 3.63) is 0 Å². The number of esters is 1. The first-order chi connectivity index (χ1) is 4.09. The molecule has 0 aromatic heterocycles. The number of amidine groups is 1. The molecule has 0 aromatic rings. The van der Waals surface area contributed by atoms with Gasteiger partial charge in [0.15, 0.2) is 0 Å². The molecule has 0 radical (unpaired) electrons. The molecule has 0 aliphatic rings. The second-order valence-electron chi connectivity index (χ2n) is 1.70. The van der Waals surface area contributed by atoms with Crippen molar-refractivity contribution in [2.45, 2.75) is 6.92 Å². The van der Waals surface area contributed by atoms with Crippen LogP contribution in [0.15, 0.2) is 0 Å². The molecule has 0 heterocycles. The minimum absolute atomic E-state index is 0.165. The molecule has 1 atom stereocenters. The van der Waals surface area contributed by atoms with Gasteiger partial charge in [-0.15, -0.1) is 0 Å². The van der Waals surface area contributed by atoms with Gasteiger partial charge in [-0.05, 0) is 6.92 Å². The van der Waals surface area contributed by atoms with E-state index in [2.05, 4.69) is 4.74 Å². The van der Waals surface area contributed by atoms with Crippen LogP contribution in [0.2, 0.25) is 0 Å². The zero-order valence-corrected chi connectivity index (χ0v) is 5.47. The Morgan fingerprint density at radius 3 is 2.33 bits per heavy atom. The van der Waals surface area contributed by atoms with Crippen LogP contribution in [0.4, 0.5) is 0 Å². The van der Waals surface area contributed by atoms with Gasteiger partial charge in [-0.1, -0.05) is 0 Å². The molecule has 1 unspecified atom stereocenters. The Labute approximate surface area is 53.5 Å². The average molecular weight is 130 g/mol. The topological polar surface area (TPSA) is 76.2 Å². The minimum Gasteiger partial charge on any atom is -0.468 e. The number of carbonyl (C=O) groups is 1. The summed E-state index contributed by atoms with van der Waals surface area (Å²) in [4.78, 5) is 10.5. The van der Waals surface area contributed by atoms with Gasteiger partial charge in [0.25, 0.3) is 0 Å². The second kappa shape index (κ2) is 3.06. The van der Waals surface area contributed by atoms with Gasteiger partial charge in [0.05, 0.1) is 7.11 Å². The van der Waals surface area contributed by atoms with Gasteiger partial charge >= 0.3 is 5.97 Å². The Balaban J connectivity index is 3.88. The fourth-order valence-electron chi connectivity index (χ4n) is 0.304. The van der Waals surface area contributed by atoms with E-state index in [1.165, 1.54) is 14.0 Å². The van der Waals surface area contributed by atoms with Gasteiger partial charge < -0.3 is 10.5 Å². The monoisotopic (exact) mass is 130 g/mol. The predicted octanol–water partition coefficient (Wildman–Crippen LogP) is -0.269. The lowest BCUT2D eigenvalue weighted by Crippen LogP contribution is -2.27. The van der Waals surface area contributed by atoms with Crippen LogP contribution in [-0.4, -0.2) is 18.9 Å². The highest BCUT2D eigenvalue weighted by Gasteiger charge is 2.14. The lowest BCUT2D eigenvalue weighted by atomic mass is 10.2. The third-order valence-corrected chi connectivity index (χ3v) is 1.02. The smallest absolute Gasteiger partial charge is 0.316 e. The minimum atomic E-state index is -0.616. The van der Waals surface area contributed by atoms with Crippen LogP contribution in [0.1, 0.15) is 6.92 Å². The second-order valence-corrected chi connectivity index (χ2v) is 1.70. The highest BCUT2D eigenvalue weighted by molar-refractivity contribution is 5.97. The SMILES string of the molecule is COC(=O)C(C)C(=N)N. The molecule has 0 aliphatic heterocycles. The molecule has 3 N–H and O–H groups in total. The van der Waals surface area contributed by atoms with Crippen molar-refractivity contribution >= 4 is 11.8 Å². The van der Waals surface area contributed by atoms with Crippen LogP contribution in [0.3, 0.4) is 0 Å². The van der Waals surface area contributed by atoms with E-state index < -0.39 is 11.9 Å². The first-order valence-corrected chi connectivity index (χ1v) is 2.51. The zero-order chi connectivity index (χ0) is 7.44. The molecule has 0 fully saturated rings. The molecule has 52 valence electrons. The van der Waals surface area contributed by atoms with Crippen molar-refractivity contribution in [2.75, 3.05) is 7.11 Å². The predicted molar refractivity (Wildman–Crippen MR) is 33.1 cm³/mol. The average Bonchev–Trinajstić information content (AvgIpc) is 1.84. The third-order valence-electron chi connectivity index (χ3n) is 1.02. The molecule has 0 saturated carbocycles. The molecular weight excluding hydrogens is 120 g/mol. The standard InChI is InChI=1S/C5H10N2O2/c1-3(4(6)7)5(8)9-2/h3H,1-2H3,(H3,6,7). The van der Waals surface area contributed by atoms with E-state index in [1.54, 1.807) is 0 Å². The number of methoxy groups -OCH3 is 1. The van der Waals surface area contributed by atoms with Gasteiger partial charge in [0.2, 0.25) is 0 Å². The van der Waals surface area contributed by atoms with Crippen molar-refractivity contribution in [1.29, 1.82) is 5.41 Å². The normalized spacial score (nSPS) is 12.2. The Hall–Kier alpha value is -1.06. The van der Waals surface area contributed by atoms with Gasteiger partial charge in [-0.2, -0.15) is 0 Å². The fraction of sp³-hybridized carbons (Fsp3) is 0.600. The molecule has 0 spiro atoms. The molecule has 4 heteroatoms. The van der Waals surface area contributed by atoms with Crippen LogP contribution in [0, 0.1) is 11.3 Å². The number of ether oxygens (including phenoxy) is 1. The van der Waals surface area contributed by atoms with Crippen LogP contribution in [-0.2, 0) is 9.53 Å². The molecule has 0 rings (SSSR count). The molecule has 4 nitrogen and oxygen atoms in total. The maximum Gasteiger partial charge on any atom is 0.316 e. The molecular formula is C5H10N2O2. The largest absolute Gasteiger partial charge is 0.468 e.